The molecular formula is C34H42N6RnS+4. The normalized spacial score (nSPS) is 13.2. The second-order valence-electron chi connectivity index (χ2n) is 10.0. The number of fused-ring (bicyclic) bond motifs is 1. The first kappa shape index (κ1) is 34.4. The molecule has 0 fully saturated rings. The third-order valence-electron chi connectivity index (χ3n) is 7.60. The molecule has 0 saturated heterocycles. The molecule has 1 atom stereocenters. The Hall–Kier alpha value is -2.11. The SMILES string of the molecule is CS.C[C@H]1N(C)c2ccccc2N1c1cccc[n+]1C.C[n+]1ccccc1-c1cccc(-c2cccc[n+]2C)[n+]1C.[Rn]. The minimum atomic E-state index is 0. The van der Waals surface area contributed by atoms with Crippen LogP contribution in [0.25, 0.3) is 22.8 Å². The fourth-order valence-electron chi connectivity index (χ4n) is 5.30. The zero-order valence-corrected chi connectivity index (χ0v) is 29.2. The molecule has 5 aromatic rings. The minimum Gasteiger partial charge on any atom is -0.333 e. The molecule has 0 aliphatic carbocycles. The Bertz CT molecular complexity index is 1560. The molecule has 0 spiro atoms. The van der Waals surface area contributed by atoms with Crippen molar-refractivity contribution in [2.75, 3.05) is 23.1 Å². The van der Waals surface area contributed by atoms with Crippen molar-refractivity contribution in [3.63, 3.8) is 0 Å². The second kappa shape index (κ2) is 16.1. The summed E-state index contributed by atoms with van der Waals surface area (Å²) in [6.07, 6.45) is 8.26. The third-order valence-corrected chi connectivity index (χ3v) is 7.60. The van der Waals surface area contributed by atoms with E-state index >= 15 is 0 Å². The molecule has 6 nitrogen and oxygen atoms in total. The van der Waals surface area contributed by atoms with Crippen molar-refractivity contribution in [3.05, 3.63) is 116 Å². The third kappa shape index (κ3) is 7.33. The van der Waals surface area contributed by atoms with Gasteiger partial charge in [0.25, 0.3) is 28.6 Å². The predicted molar refractivity (Wildman–Crippen MR) is 170 cm³/mol. The summed E-state index contributed by atoms with van der Waals surface area (Å²) in [5, 5.41) is 0. The van der Waals surface area contributed by atoms with E-state index in [-0.39, 0.29) is 71.9 Å². The van der Waals surface area contributed by atoms with Crippen LogP contribution in [-0.4, -0.2) is 19.5 Å². The fraction of sp³-hybridized carbons (Fsp3) is 0.235. The number of aromatic nitrogens is 4. The summed E-state index contributed by atoms with van der Waals surface area (Å²) in [7, 11) is 10.5. The number of nitrogens with zero attached hydrogens (tertiary/aromatic N) is 6. The summed E-state index contributed by atoms with van der Waals surface area (Å²) in [5.74, 6) is 1.21. The van der Waals surface area contributed by atoms with E-state index in [0.29, 0.717) is 6.17 Å². The van der Waals surface area contributed by atoms with Crippen molar-refractivity contribution >= 4 is 29.8 Å². The van der Waals surface area contributed by atoms with Crippen LogP contribution in [0.5, 0.6) is 0 Å². The van der Waals surface area contributed by atoms with Crippen LogP contribution < -0.4 is 28.1 Å². The maximum atomic E-state index is 3.53. The van der Waals surface area contributed by atoms with E-state index in [1.165, 1.54) is 40.0 Å². The first-order valence-corrected chi connectivity index (χ1v) is 14.7. The van der Waals surface area contributed by atoms with Crippen molar-refractivity contribution in [2.45, 2.75) is 13.1 Å². The van der Waals surface area contributed by atoms with Gasteiger partial charge in [-0.3, -0.25) is 0 Å². The quantitative estimate of drug-likeness (QED) is 0.216. The molecule has 5 heterocycles. The summed E-state index contributed by atoms with van der Waals surface area (Å²) in [6, 6.07) is 33.8. The molecule has 4 aromatic heterocycles. The average Bonchev–Trinajstić information content (AvgIpc) is 3.25. The van der Waals surface area contributed by atoms with Crippen LogP contribution in [0.2, 0.25) is 0 Å². The van der Waals surface area contributed by atoms with E-state index in [2.05, 4.69) is 186 Å². The standard InChI is InChI=1S/C18H20N3.C15H18N3.CH4S.Rn/c1-19-13-6-4-9-15(19)17-11-8-12-18(21(17)3)16-10-5-7-14-20(16)2;1-12-17(3)13-8-4-5-9-14(13)18(12)15-10-6-7-11-16(15)2;1-2;/h4-14H,1-3H3;4-12H,1-3H3;2H,1H3;/q+3;+1;;/t;12-;;/m.0../s1. The first-order chi connectivity index (χ1) is 19.9. The van der Waals surface area contributed by atoms with Gasteiger partial charge in [-0.25, -0.2) is 9.47 Å². The van der Waals surface area contributed by atoms with Crippen molar-refractivity contribution < 1.29 is 90.1 Å². The number of hydrogen-bond acceptors (Lipinski definition) is 3. The topological polar surface area (TPSA) is 22.0 Å². The number of para-hydroxylation sites is 2. The van der Waals surface area contributed by atoms with E-state index in [0.717, 1.165) is 0 Å². The molecule has 1 aromatic carbocycles. The Kier molecular flexibility index (Phi) is 13.2. The van der Waals surface area contributed by atoms with Gasteiger partial charge < -0.3 is 4.90 Å². The zero-order valence-electron chi connectivity index (χ0n) is 25.5. The van der Waals surface area contributed by atoms with Crippen molar-refractivity contribution in [3.8, 4) is 22.8 Å². The Labute approximate surface area is 318 Å². The Morgan fingerprint density at radius 2 is 0.976 bits per heavy atom. The van der Waals surface area contributed by atoms with Gasteiger partial charge in [0.15, 0.2) is 24.2 Å². The number of hydrogen-bond donors (Lipinski definition) is 1. The van der Waals surface area contributed by atoms with Crippen LogP contribution in [0.4, 0.5) is 17.2 Å². The molecule has 8 heteroatoms. The Morgan fingerprint density at radius 1 is 0.548 bits per heavy atom. The number of thiol groups is 1. The van der Waals surface area contributed by atoms with E-state index in [9.17, 15) is 0 Å². The molecule has 0 saturated carbocycles. The second-order valence-corrected chi connectivity index (χ2v) is 10.0. The summed E-state index contributed by atoms with van der Waals surface area (Å²) in [4.78, 5) is 4.68. The number of anilines is 3. The molecule has 0 unspecified atom stereocenters. The molecule has 1 aliphatic heterocycles. The summed E-state index contributed by atoms with van der Waals surface area (Å²) < 4.78 is 8.69. The zero-order chi connectivity index (χ0) is 29.5. The summed E-state index contributed by atoms with van der Waals surface area (Å²) >= 11 is 3.53. The number of rotatable bonds is 3. The predicted octanol–water partition coefficient (Wildman–Crippen LogP) is 4.49. The van der Waals surface area contributed by atoms with E-state index in [4.69, 9.17) is 0 Å². The van der Waals surface area contributed by atoms with Gasteiger partial charge in [0.1, 0.15) is 21.1 Å². The molecule has 42 heavy (non-hydrogen) atoms. The van der Waals surface area contributed by atoms with E-state index < -0.39 is 0 Å². The van der Waals surface area contributed by atoms with Gasteiger partial charge in [0.2, 0.25) is 0 Å². The van der Waals surface area contributed by atoms with Crippen molar-refractivity contribution in [1.29, 1.82) is 0 Å². The van der Waals surface area contributed by atoms with Crippen molar-refractivity contribution in [2.24, 2.45) is 28.2 Å². The summed E-state index contributed by atoms with van der Waals surface area (Å²) in [6.45, 7) is 2.23. The maximum absolute atomic E-state index is 3.53. The molecular weight excluding hydrogens is 746 g/mol. The first-order valence-electron chi connectivity index (χ1n) is 13.8. The van der Waals surface area contributed by atoms with Crippen molar-refractivity contribution in [1.82, 2.24) is 0 Å². The fourth-order valence-corrected chi connectivity index (χ4v) is 5.30. The van der Waals surface area contributed by atoms with Gasteiger partial charge in [-0.15, -0.1) is 0 Å². The summed E-state index contributed by atoms with van der Waals surface area (Å²) in [5.41, 5.74) is 7.34. The molecule has 1 aliphatic rings. The van der Waals surface area contributed by atoms with Crippen LogP contribution in [0.3, 0.4) is 0 Å². The van der Waals surface area contributed by atoms with Crippen LogP contribution in [0, 0.1) is 71.9 Å². The van der Waals surface area contributed by atoms with E-state index in [1.807, 2.05) is 12.1 Å². The van der Waals surface area contributed by atoms with Gasteiger partial charge >= 0.3 is 0 Å². The van der Waals surface area contributed by atoms with Crippen LogP contribution >= 0.6 is 12.6 Å². The van der Waals surface area contributed by atoms with Gasteiger partial charge in [-0.05, 0) is 49.6 Å². The van der Waals surface area contributed by atoms with Gasteiger partial charge in [-0.1, -0.05) is 18.2 Å². The number of benzene rings is 1. The minimum absolute atomic E-state index is 0. The number of aryl methyl sites for hydroxylation is 3. The molecule has 0 radical (unpaired) electrons. The van der Waals surface area contributed by atoms with Gasteiger partial charge in [0, 0.05) is 121 Å². The Morgan fingerprint density at radius 3 is 1.48 bits per heavy atom. The molecule has 6 rings (SSSR count). The number of pyridine rings is 4. The van der Waals surface area contributed by atoms with Gasteiger partial charge in [-0.2, -0.15) is 26.3 Å². The molecule has 218 valence electrons. The van der Waals surface area contributed by atoms with Gasteiger partial charge in [0.05, 0.1) is 18.9 Å². The van der Waals surface area contributed by atoms with Crippen LogP contribution in [0.15, 0.2) is 116 Å². The van der Waals surface area contributed by atoms with E-state index in [1.54, 1.807) is 6.26 Å². The van der Waals surface area contributed by atoms with Crippen LogP contribution in [0.1, 0.15) is 6.92 Å². The smallest absolute Gasteiger partial charge is 0.283 e. The van der Waals surface area contributed by atoms with Crippen LogP contribution in [-0.2, 0) is 28.2 Å². The maximum Gasteiger partial charge on any atom is 0.283 e. The monoisotopic (exact) mass is 788 g/mol. The molecule has 0 amide bonds. The largest absolute Gasteiger partial charge is 0.333 e. The molecule has 0 bridgehead atoms. The Balaban J connectivity index is 0.000000215. The molecule has 0 N–H and O–H groups in total. The average molecular weight is 789 g/mol.